The van der Waals surface area contributed by atoms with E-state index in [2.05, 4.69) is 111 Å². The van der Waals surface area contributed by atoms with Gasteiger partial charge in [0.05, 0.1) is 0 Å². The fraction of sp³-hybridized carbons (Fsp3) is 0.189. The van der Waals surface area contributed by atoms with Crippen LogP contribution in [0.15, 0.2) is 255 Å². The highest BCUT2D eigenvalue weighted by atomic mass is 16.5. The van der Waals surface area contributed by atoms with E-state index in [1.165, 1.54) is 5.56 Å². The molecule has 0 bridgehead atoms. The number of benzene rings is 10. The Morgan fingerprint density at radius 2 is 0.329 bits per heavy atom. The van der Waals surface area contributed by atoms with Crippen molar-refractivity contribution in [2.45, 2.75) is 93.4 Å². The molecule has 0 aliphatic heterocycles. The van der Waals surface area contributed by atoms with Crippen LogP contribution in [0, 0.1) is 0 Å². The lowest BCUT2D eigenvalue weighted by molar-refractivity contribution is 0.276. The Morgan fingerprint density at radius 1 is 0.183 bits per heavy atom. The van der Waals surface area contributed by atoms with Crippen molar-refractivity contribution in [3.05, 3.63) is 310 Å². The number of hydrogen-bond acceptors (Lipinski definition) is 8. The van der Waals surface area contributed by atoms with Crippen molar-refractivity contribution < 1.29 is 37.9 Å². The Kier molecular flexibility index (Phi) is 23.4. The van der Waals surface area contributed by atoms with Crippen LogP contribution < -0.4 is 37.9 Å². The molecule has 0 aliphatic rings. The molecular formula is C74H74O8. The third-order valence-electron chi connectivity index (χ3n) is 12.9. The molecule has 0 atom stereocenters. The van der Waals surface area contributed by atoms with Crippen LogP contribution in [0.4, 0.5) is 0 Å². The van der Waals surface area contributed by atoms with E-state index >= 15 is 0 Å². The molecule has 0 saturated carbocycles. The number of hydrogen-bond donors (Lipinski definition) is 0. The average molecular weight is 1090 g/mol. The average Bonchev–Trinajstić information content (AvgIpc) is 3.66. The molecule has 10 aromatic carbocycles. The minimum Gasteiger partial charge on any atom is -0.489 e. The summed E-state index contributed by atoms with van der Waals surface area (Å²) in [5.41, 5.74) is 10.9. The zero-order valence-corrected chi connectivity index (χ0v) is 47.6. The van der Waals surface area contributed by atoms with Crippen LogP contribution in [0.1, 0.15) is 83.3 Å². The van der Waals surface area contributed by atoms with E-state index in [0.717, 1.165) is 74.4 Å². The fourth-order valence-electron chi connectivity index (χ4n) is 8.54. The Balaban J connectivity index is 0.000000281. The quantitative estimate of drug-likeness (QED) is 0.0531. The molecule has 10 aromatic rings. The minimum atomic E-state index is 0.319. The van der Waals surface area contributed by atoms with E-state index in [-0.39, 0.29) is 0 Å². The Morgan fingerprint density at radius 3 is 0.488 bits per heavy atom. The molecule has 0 N–H and O–H groups in total. The van der Waals surface area contributed by atoms with Gasteiger partial charge in [0, 0.05) is 24.3 Å². The maximum Gasteiger partial charge on any atom is 0.123 e. The van der Waals surface area contributed by atoms with Crippen molar-refractivity contribution >= 4 is 0 Å². The van der Waals surface area contributed by atoms with Gasteiger partial charge in [0.15, 0.2) is 0 Å². The summed E-state index contributed by atoms with van der Waals surface area (Å²) in [6.45, 7) is 11.8. The fourth-order valence-corrected chi connectivity index (χ4v) is 8.54. The van der Waals surface area contributed by atoms with Crippen molar-refractivity contribution in [1.82, 2.24) is 0 Å². The standard InChI is InChI=1S/C50H46O6.C22H22O2.C2H6/c1-2-38-23-45(55-36-43-25-47(51-32-39-15-7-3-8-16-39)30-48(26-43)52-33-40-17-9-4-10-18-40)29-46(24-38)56-37-44-27-49(53-34-41-19-11-5-12-20-41)31-50(28-44)54-35-42-21-13-6-14-22-42;1-2-18-13-21(23-16-19-9-5-3-6-10-19)15-22(14-18)24-17-20-11-7-4-8-12-20;1-2/h3-31H,2,32-37H2,1H3;3-15H,2,16-17H2,1H3;1-2H3. The Bertz CT molecular complexity index is 3050. The maximum absolute atomic E-state index is 6.42. The lowest BCUT2D eigenvalue weighted by Crippen LogP contribution is -2.03. The van der Waals surface area contributed by atoms with Crippen LogP contribution in [-0.2, 0) is 65.7 Å². The summed E-state index contributed by atoms with van der Waals surface area (Å²) >= 11 is 0. The topological polar surface area (TPSA) is 73.8 Å². The highest BCUT2D eigenvalue weighted by Crippen LogP contribution is 2.31. The van der Waals surface area contributed by atoms with Gasteiger partial charge in [-0.25, -0.2) is 0 Å². The lowest BCUT2D eigenvalue weighted by Gasteiger charge is -2.15. The number of rotatable bonds is 26. The molecule has 0 amide bonds. The zero-order chi connectivity index (χ0) is 56.8. The van der Waals surface area contributed by atoms with Gasteiger partial charge in [-0.05, 0) is 117 Å². The SMILES string of the molecule is CC.CCc1cc(OCc2cc(OCc3ccccc3)cc(OCc3ccccc3)c2)cc(OCc2cc(OCc3ccccc3)cc(OCc3ccccc3)c2)c1.CCc1cc(OCc2ccccc2)cc(OCc2ccccc2)c1. The van der Waals surface area contributed by atoms with Gasteiger partial charge in [-0.3, -0.25) is 0 Å². The van der Waals surface area contributed by atoms with Crippen LogP contribution in [-0.4, -0.2) is 0 Å². The predicted octanol–water partition coefficient (Wildman–Crippen LogP) is 18.2. The van der Waals surface area contributed by atoms with Gasteiger partial charge in [-0.1, -0.05) is 210 Å². The van der Waals surface area contributed by atoms with E-state index in [0.29, 0.717) is 87.4 Å². The monoisotopic (exact) mass is 1090 g/mol. The third-order valence-corrected chi connectivity index (χ3v) is 12.9. The van der Waals surface area contributed by atoms with Crippen LogP contribution in [0.2, 0.25) is 0 Å². The second kappa shape index (κ2) is 32.6. The molecule has 8 heteroatoms. The molecule has 0 heterocycles. The van der Waals surface area contributed by atoms with E-state index in [9.17, 15) is 0 Å². The van der Waals surface area contributed by atoms with E-state index in [1.807, 2.05) is 172 Å². The van der Waals surface area contributed by atoms with E-state index in [4.69, 9.17) is 37.9 Å². The molecule has 8 nitrogen and oxygen atoms in total. The summed E-state index contributed by atoms with van der Waals surface area (Å²) in [6.07, 6.45) is 1.78. The first-order valence-corrected chi connectivity index (χ1v) is 28.3. The first-order chi connectivity index (χ1) is 40.5. The Hall–Kier alpha value is -9.40. The predicted molar refractivity (Wildman–Crippen MR) is 329 cm³/mol. The molecule has 0 saturated heterocycles. The van der Waals surface area contributed by atoms with Crippen molar-refractivity contribution in [2.75, 3.05) is 0 Å². The van der Waals surface area contributed by atoms with Gasteiger partial charge >= 0.3 is 0 Å². The van der Waals surface area contributed by atoms with Gasteiger partial charge < -0.3 is 37.9 Å². The van der Waals surface area contributed by atoms with Gasteiger partial charge in [0.2, 0.25) is 0 Å². The molecule has 0 unspecified atom stereocenters. The minimum absolute atomic E-state index is 0.319. The van der Waals surface area contributed by atoms with E-state index in [1.54, 1.807) is 0 Å². The molecule has 0 aromatic heterocycles. The molecule has 0 fully saturated rings. The van der Waals surface area contributed by atoms with E-state index < -0.39 is 0 Å². The zero-order valence-electron chi connectivity index (χ0n) is 47.6. The van der Waals surface area contributed by atoms with Crippen LogP contribution in [0.3, 0.4) is 0 Å². The van der Waals surface area contributed by atoms with Crippen molar-refractivity contribution in [2.24, 2.45) is 0 Å². The first-order valence-electron chi connectivity index (χ1n) is 28.3. The molecular weight excluding hydrogens is 1020 g/mol. The third kappa shape index (κ3) is 20.1. The summed E-state index contributed by atoms with van der Waals surface area (Å²) in [6, 6.07) is 84.9. The molecule has 82 heavy (non-hydrogen) atoms. The Labute approximate surface area is 485 Å². The number of ether oxygens (including phenoxy) is 8. The summed E-state index contributed by atoms with van der Waals surface area (Å²) in [4.78, 5) is 0. The smallest absolute Gasteiger partial charge is 0.123 e. The van der Waals surface area contributed by atoms with Crippen molar-refractivity contribution in [1.29, 1.82) is 0 Å². The largest absolute Gasteiger partial charge is 0.489 e. The van der Waals surface area contributed by atoms with Gasteiger partial charge in [-0.15, -0.1) is 0 Å². The molecule has 0 spiro atoms. The molecule has 0 aliphatic carbocycles. The second-order valence-corrected chi connectivity index (χ2v) is 19.2. The van der Waals surface area contributed by atoms with Gasteiger partial charge in [-0.2, -0.15) is 0 Å². The van der Waals surface area contributed by atoms with Crippen LogP contribution in [0.25, 0.3) is 0 Å². The maximum atomic E-state index is 6.42. The van der Waals surface area contributed by atoms with Gasteiger partial charge in [0.25, 0.3) is 0 Å². The number of aryl methyl sites for hydroxylation is 2. The van der Waals surface area contributed by atoms with Crippen LogP contribution >= 0.6 is 0 Å². The lowest BCUT2D eigenvalue weighted by atomic mass is 10.1. The van der Waals surface area contributed by atoms with Crippen LogP contribution in [0.5, 0.6) is 46.0 Å². The highest BCUT2D eigenvalue weighted by Gasteiger charge is 2.11. The summed E-state index contributed by atoms with van der Waals surface area (Å²) < 4.78 is 49.6. The normalized spacial score (nSPS) is 10.4. The first kappa shape index (κ1) is 58.7. The molecule has 10 rings (SSSR count). The molecule has 0 radical (unpaired) electrons. The second-order valence-electron chi connectivity index (χ2n) is 19.2. The molecule has 418 valence electrons. The summed E-state index contributed by atoms with van der Waals surface area (Å²) in [5, 5.41) is 0. The highest BCUT2D eigenvalue weighted by molar-refractivity contribution is 5.43. The van der Waals surface area contributed by atoms with Gasteiger partial charge in [0.1, 0.15) is 98.9 Å². The summed E-state index contributed by atoms with van der Waals surface area (Å²) in [7, 11) is 0. The summed E-state index contributed by atoms with van der Waals surface area (Å²) in [5.74, 6) is 5.99. The van der Waals surface area contributed by atoms with Crippen molar-refractivity contribution in [3.8, 4) is 46.0 Å². The van der Waals surface area contributed by atoms with Crippen molar-refractivity contribution in [3.63, 3.8) is 0 Å².